The Labute approximate surface area is 98.0 Å². The molecule has 2 aromatic rings. The zero-order valence-corrected chi connectivity index (χ0v) is 9.22. The quantitative estimate of drug-likeness (QED) is 0.733. The highest BCUT2D eigenvalue weighted by atomic mass is 15.0. The summed E-state index contributed by atoms with van der Waals surface area (Å²) in [4.78, 5) is 16.8. The molecule has 17 heavy (non-hydrogen) atoms. The maximum atomic E-state index is 5.78. The summed E-state index contributed by atoms with van der Waals surface area (Å²) in [5, 5.41) is 3.25. The van der Waals surface area contributed by atoms with E-state index in [1.54, 1.807) is 6.20 Å². The van der Waals surface area contributed by atoms with E-state index in [1.807, 2.05) is 0 Å². The summed E-state index contributed by atoms with van der Waals surface area (Å²) in [7, 11) is 0. The molecular weight excluding hydrogens is 216 g/mol. The number of rotatable bonds is 1. The number of hydrogen-bond donors (Lipinski definition) is 2. The highest BCUT2D eigenvalue weighted by Crippen LogP contribution is 2.19. The minimum Gasteiger partial charge on any atom is -0.382 e. The number of anilines is 1. The summed E-state index contributed by atoms with van der Waals surface area (Å²) < 4.78 is 0. The van der Waals surface area contributed by atoms with E-state index < -0.39 is 0 Å². The summed E-state index contributed by atoms with van der Waals surface area (Å²) >= 11 is 0. The van der Waals surface area contributed by atoms with Crippen molar-refractivity contribution >= 4 is 22.4 Å². The van der Waals surface area contributed by atoms with Crippen molar-refractivity contribution in [1.29, 1.82) is 0 Å². The molecule has 1 aliphatic heterocycles. The van der Waals surface area contributed by atoms with Crippen molar-refractivity contribution in [2.24, 2.45) is 0 Å². The Morgan fingerprint density at radius 1 is 1.24 bits per heavy atom. The fourth-order valence-electron chi connectivity index (χ4n) is 1.85. The van der Waals surface area contributed by atoms with E-state index in [2.05, 4.69) is 31.3 Å². The van der Waals surface area contributed by atoms with Gasteiger partial charge in [-0.3, -0.25) is 0 Å². The van der Waals surface area contributed by atoms with E-state index >= 15 is 0 Å². The summed E-state index contributed by atoms with van der Waals surface area (Å²) in [6, 6.07) is 0. The van der Waals surface area contributed by atoms with Crippen molar-refractivity contribution < 1.29 is 0 Å². The minimum atomic E-state index is 0.396. The van der Waals surface area contributed by atoms with Gasteiger partial charge in [0.05, 0.1) is 6.20 Å². The smallest absolute Gasteiger partial charge is 0.155 e. The largest absolute Gasteiger partial charge is 0.382 e. The van der Waals surface area contributed by atoms with Crippen LogP contribution in [0.1, 0.15) is 12.2 Å². The van der Waals surface area contributed by atoms with Gasteiger partial charge in [-0.15, -0.1) is 0 Å². The van der Waals surface area contributed by atoms with Gasteiger partial charge in [0, 0.05) is 6.54 Å². The van der Waals surface area contributed by atoms with E-state index in [-0.39, 0.29) is 0 Å². The van der Waals surface area contributed by atoms with E-state index in [0.717, 1.165) is 30.9 Å². The lowest BCUT2D eigenvalue weighted by atomic mass is 10.1. The predicted molar refractivity (Wildman–Crippen MR) is 65.0 cm³/mol. The second-order valence-corrected chi connectivity index (χ2v) is 3.87. The second kappa shape index (κ2) is 4.06. The third-order valence-electron chi connectivity index (χ3n) is 2.76. The van der Waals surface area contributed by atoms with Crippen LogP contribution in [-0.2, 0) is 0 Å². The highest BCUT2D eigenvalue weighted by molar-refractivity contribution is 5.83. The standard InChI is InChI=1S/C11H12N6/c12-10-9-8(15-6-16-10)5-14-11(17-9)7-1-3-13-4-2-7/h1,5-6,13H,2-4H2,(H2,12,15,16). The molecule has 0 bridgehead atoms. The van der Waals surface area contributed by atoms with Gasteiger partial charge in [0.25, 0.3) is 0 Å². The molecule has 0 aromatic carbocycles. The Balaban J connectivity index is 2.12. The van der Waals surface area contributed by atoms with Gasteiger partial charge in [-0.1, -0.05) is 6.08 Å². The normalized spacial score (nSPS) is 15.9. The first kappa shape index (κ1) is 10.1. The Hall–Kier alpha value is -2.08. The summed E-state index contributed by atoms with van der Waals surface area (Å²) in [5.41, 5.74) is 8.23. The van der Waals surface area contributed by atoms with Crippen LogP contribution < -0.4 is 11.1 Å². The molecule has 3 N–H and O–H groups in total. The third kappa shape index (κ3) is 1.83. The molecule has 86 valence electrons. The topological polar surface area (TPSA) is 89.6 Å². The fraction of sp³-hybridized carbons (Fsp3) is 0.273. The number of nitrogens with two attached hydrogens (primary N) is 1. The number of aromatic nitrogens is 4. The van der Waals surface area contributed by atoms with Crippen molar-refractivity contribution in [2.45, 2.75) is 6.42 Å². The molecule has 0 saturated carbocycles. The number of nitrogen functional groups attached to an aromatic ring is 1. The van der Waals surface area contributed by atoms with E-state index in [0.29, 0.717) is 16.9 Å². The Morgan fingerprint density at radius 3 is 3.00 bits per heavy atom. The summed E-state index contributed by atoms with van der Waals surface area (Å²) in [6.45, 7) is 1.81. The molecule has 6 nitrogen and oxygen atoms in total. The van der Waals surface area contributed by atoms with Crippen LogP contribution in [-0.4, -0.2) is 33.0 Å². The molecule has 3 rings (SSSR count). The van der Waals surface area contributed by atoms with Crippen molar-refractivity contribution in [3.8, 4) is 0 Å². The van der Waals surface area contributed by atoms with Gasteiger partial charge < -0.3 is 11.1 Å². The van der Waals surface area contributed by atoms with E-state index in [9.17, 15) is 0 Å². The van der Waals surface area contributed by atoms with Crippen LogP contribution in [0.2, 0.25) is 0 Å². The maximum Gasteiger partial charge on any atom is 0.155 e. The zero-order valence-electron chi connectivity index (χ0n) is 9.22. The summed E-state index contributed by atoms with van der Waals surface area (Å²) in [5.74, 6) is 1.12. The fourth-order valence-corrected chi connectivity index (χ4v) is 1.85. The molecule has 0 aliphatic carbocycles. The molecule has 3 heterocycles. The first-order valence-corrected chi connectivity index (χ1v) is 5.48. The first-order chi connectivity index (χ1) is 8.34. The van der Waals surface area contributed by atoms with E-state index in [4.69, 9.17) is 5.73 Å². The number of nitrogens with one attached hydrogen (secondary N) is 1. The first-order valence-electron chi connectivity index (χ1n) is 5.48. The third-order valence-corrected chi connectivity index (χ3v) is 2.76. The van der Waals surface area contributed by atoms with Crippen LogP contribution in [0.25, 0.3) is 16.6 Å². The van der Waals surface area contributed by atoms with E-state index in [1.165, 1.54) is 6.33 Å². The Bertz CT molecular complexity index is 592. The zero-order chi connectivity index (χ0) is 11.7. The molecular formula is C11H12N6. The van der Waals surface area contributed by atoms with Crippen LogP contribution in [0.5, 0.6) is 0 Å². The molecule has 0 saturated heterocycles. The molecule has 0 spiro atoms. The van der Waals surface area contributed by atoms with Gasteiger partial charge in [-0.2, -0.15) is 0 Å². The van der Waals surface area contributed by atoms with Gasteiger partial charge in [0.15, 0.2) is 11.6 Å². The van der Waals surface area contributed by atoms with Crippen molar-refractivity contribution in [1.82, 2.24) is 25.3 Å². The summed E-state index contributed by atoms with van der Waals surface area (Å²) in [6.07, 6.45) is 6.15. The Morgan fingerprint density at radius 2 is 2.18 bits per heavy atom. The molecule has 0 fully saturated rings. The molecule has 0 unspecified atom stereocenters. The average molecular weight is 228 g/mol. The monoisotopic (exact) mass is 228 g/mol. The lowest BCUT2D eigenvalue weighted by Crippen LogP contribution is -2.20. The van der Waals surface area contributed by atoms with Gasteiger partial charge in [0.2, 0.25) is 0 Å². The van der Waals surface area contributed by atoms with Gasteiger partial charge >= 0.3 is 0 Å². The molecule has 0 radical (unpaired) electrons. The number of fused-ring (bicyclic) bond motifs is 1. The minimum absolute atomic E-state index is 0.396. The number of hydrogen-bond acceptors (Lipinski definition) is 6. The second-order valence-electron chi connectivity index (χ2n) is 3.87. The molecule has 6 heteroatoms. The van der Waals surface area contributed by atoms with Crippen molar-refractivity contribution in [3.63, 3.8) is 0 Å². The van der Waals surface area contributed by atoms with Crippen molar-refractivity contribution in [2.75, 3.05) is 18.8 Å². The SMILES string of the molecule is Nc1ncnc2cnc(C3=CCNCC3)nc12. The van der Waals surface area contributed by atoms with Gasteiger partial charge in [-0.25, -0.2) is 19.9 Å². The van der Waals surface area contributed by atoms with Crippen LogP contribution in [0, 0.1) is 0 Å². The van der Waals surface area contributed by atoms with Crippen molar-refractivity contribution in [3.05, 3.63) is 24.4 Å². The van der Waals surface area contributed by atoms with Crippen LogP contribution >= 0.6 is 0 Å². The predicted octanol–water partition coefficient (Wildman–Crippen LogP) is 0.379. The van der Waals surface area contributed by atoms with Crippen LogP contribution in [0.15, 0.2) is 18.6 Å². The van der Waals surface area contributed by atoms with Crippen LogP contribution in [0.3, 0.4) is 0 Å². The molecule has 0 atom stereocenters. The molecule has 2 aromatic heterocycles. The Kier molecular flexibility index (Phi) is 2.41. The van der Waals surface area contributed by atoms with Gasteiger partial charge in [-0.05, 0) is 18.5 Å². The molecule has 1 aliphatic rings. The van der Waals surface area contributed by atoms with Crippen LogP contribution in [0.4, 0.5) is 5.82 Å². The molecule has 0 amide bonds. The lowest BCUT2D eigenvalue weighted by Gasteiger charge is -2.12. The van der Waals surface area contributed by atoms with Gasteiger partial charge in [0.1, 0.15) is 17.4 Å². The maximum absolute atomic E-state index is 5.78. The lowest BCUT2D eigenvalue weighted by molar-refractivity contribution is 0.734. The highest BCUT2D eigenvalue weighted by Gasteiger charge is 2.10. The number of nitrogens with zero attached hydrogens (tertiary/aromatic N) is 4. The average Bonchev–Trinajstić information content (AvgIpc) is 2.40.